The van der Waals surface area contributed by atoms with E-state index < -0.39 is 19.5 Å². The van der Waals surface area contributed by atoms with Crippen molar-refractivity contribution in [3.8, 4) is 0 Å². The van der Waals surface area contributed by atoms with Gasteiger partial charge in [-0.25, -0.2) is 0 Å². The molecule has 0 fully saturated rings. The van der Waals surface area contributed by atoms with Gasteiger partial charge in [0.05, 0.1) is 12.2 Å². The number of aliphatic hydroxyl groups is 2. The molecule has 0 radical (unpaired) electrons. The van der Waals surface area contributed by atoms with Crippen LogP contribution in [0.3, 0.4) is 0 Å². The molecule has 98 valence electrons. The van der Waals surface area contributed by atoms with E-state index in [1.165, 1.54) is 0 Å². The van der Waals surface area contributed by atoms with E-state index >= 15 is 0 Å². The standard InChI is InChI=1S/C10H22O2.BH3O3/c1-3-5-7-9(11)10(12)8-6-4-2;2-1(3)4/h9-12H,3-8H2,1-2H3;2-4H. The van der Waals surface area contributed by atoms with Crippen LogP contribution in [-0.4, -0.2) is 44.8 Å². The third kappa shape index (κ3) is 16.3. The first kappa shape index (κ1) is 18.2. The van der Waals surface area contributed by atoms with Gasteiger partial charge < -0.3 is 25.3 Å². The third-order valence-electron chi connectivity index (χ3n) is 2.15. The Morgan fingerprint density at radius 2 is 1.06 bits per heavy atom. The van der Waals surface area contributed by atoms with Gasteiger partial charge in [-0.15, -0.1) is 0 Å². The van der Waals surface area contributed by atoms with Crippen molar-refractivity contribution in [3.63, 3.8) is 0 Å². The quantitative estimate of drug-likeness (QED) is 0.402. The second-order valence-corrected chi connectivity index (χ2v) is 3.77. The van der Waals surface area contributed by atoms with Crippen LogP contribution in [0.1, 0.15) is 52.4 Å². The molecule has 0 aromatic heterocycles. The summed E-state index contributed by atoms with van der Waals surface area (Å²) in [6.45, 7) is 4.18. The summed E-state index contributed by atoms with van der Waals surface area (Å²) in [5.41, 5.74) is 0. The molecule has 0 spiro atoms. The molecular weight excluding hydrogens is 211 g/mol. The van der Waals surface area contributed by atoms with Gasteiger partial charge in [-0.1, -0.05) is 39.5 Å². The number of hydrogen-bond acceptors (Lipinski definition) is 5. The van der Waals surface area contributed by atoms with Crippen LogP contribution < -0.4 is 0 Å². The van der Waals surface area contributed by atoms with Crippen molar-refractivity contribution in [1.29, 1.82) is 0 Å². The fourth-order valence-electron chi connectivity index (χ4n) is 1.21. The van der Waals surface area contributed by atoms with Crippen LogP contribution >= 0.6 is 0 Å². The summed E-state index contributed by atoms with van der Waals surface area (Å²) in [5.74, 6) is 0. The average Bonchev–Trinajstić information content (AvgIpc) is 2.21. The summed E-state index contributed by atoms with van der Waals surface area (Å²) in [6, 6.07) is 0. The van der Waals surface area contributed by atoms with Crippen molar-refractivity contribution in [2.75, 3.05) is 0 Å². The van der Waals surface area contributed by atoms with Gasteiger partial charge in [0, 0.05) is 0 Å². The van der Waals surface area contributed by atoms with E-state index in [2.05, 4.69) is 13.8 Å². The monoisotopic (exact) mass is 236 g/mol. The molecular formula is C10H25BO5. The van der Waals surface area contributed by atoms with Crippen molar-refractivity contribution in [2.45, 2.75) is 64.6 Å². The molecule has 0 heterocycles. The van der Waals surface area contributed by atoms with E-state index in [1.54, 1.807) is 0 Å². The molecule has 0 saturated carbocycles. The highest BCUT2D eigenvalue weighted by atomic mass is 16.5. The molecule has 5 nitrogen and oxygen atoms in total. The average molecular weight is 236 g/mol. The minimum Gasteiger partial charge on any atom is -0.402 e. The number of hydrogen-bond donors (Lipinski definition) is 5. The Hall–Kier alpha value is -0.135. The lowest BCUT2D eigenvalue weighted by molar-refractivity contribution is 0.00764. The first-order valence-corrected chi connectivity index (χ1v) is 5.86. The van der Waals surface area contributed by atoms with Gasteiger partial charge in [0.15, 0.2) is 0 Å². The summed E-state index contributed by atoms with van der Waals surface area (Å²) >= 11 is 0. The van der Waals surface area contributed by atoms with E-state index in [9.17, 15) is 10.2 Å². The molecule has 0 aromatic carbocycles. The SMILES string of the molecule is CCCCC(O)C(O)CCCC.OB(O)O. The largest absolute Gasteiger partial charge is 0.631 e. The van der Waals surface area contributed by atoms with Crippen LogP contribution in [0.4, 0.5) is 0 Å². The van der Waals surface area contributed by atoms with Gasteiger partial charge in [0.1, 0.15) is 0 Å². The second-order valence-electron chi connectivity index (χ2n) is 3.77. The third-order valence-corrected chi connectivity index (χ3v) is 2.15. The Bertz CT molecular complexity index is 120. The van der Waals surface area contributed by atoms with Crippen molar-refractivity contribution < 1.29 is 25.3 Å². The minimum atomic E-state index is -2.17. The molecule has 5 N–H and O–H groups in total. The molecule has 0 aliphatic carbocycles. The highest BCUT2D eigenvalue weighted by Crippen LogP contribution is 2.10. The van der Waals surface area contributed by atoms with Crippen molar-refractivity contribution in [2.24, 2.45) is 0 Å². The van der Waals surface area contributed by atoms with Crippen LogP contribution in [0.15, 0.2) is 0 Å². The number of rotatable bonds is 7. The van der Waals surface area contributed by atoms with Gasteiger partial charge >= 0.3 is 7.32 Å². The zero-order valence-electron chi connectivity index (χ0n) is 10.2. The van der Waals surface area contributed by atoms with Gasteiger partial charge in [-0.05, 0) is 12.8 Å². The smallest absolute Gasteiger partial charge is 0.402 e. The highest BCUT2D eigenvalue weighted by molar-refractivity contribution is 6.30. The van der Waals surface area contributed by atoms with E-state index in [0.717, 1.165) is 38.5 Å². The molecule has 0 bridgehead atoms. The van der Waals surface area contributed by atoms with Gasteiger partial charge in [0.2, 0.25) is 0 Å². The van der Waals surface area contributed by atoms with Crippen molar-refractivity contribution in [1.82, 2.24) is 0 Å². The Morgan fingerprint density at radius 1 is 0.812 bits per heavy atom. The Balaban J connectivity index is 0. The van der Waals surface area contributed by atoms with Crippen molar-refractivity contribution in [3.05, 3.63) is 0 Å². The first-order valence-electron chi connectivity index (χ1n) is 5.86. The van der Waals surface area contributed by atoms with Crippen LogP contribution in [0.2, 0.25) is 0 Å². The molecule has 0 aromatic rings. The molecule has 0 saturated heterocycles. The maximum atomic E-state index is 9.43. The molecule has 2 atom stereocenters. The summed E-state index contributed by atoms with van der Waals surface area (Å²) in [5, 5.41) is 40.4. The summed E-state index contributed by atoms with van der Waals surface area (Å²) in [4.78, 5) is 0. The van der Waals surface area contributed by atoms with Crippen molar-refractivity contribution >= 4 is 7.32 Å². The number of unbranched alkanes of at least 4 members (excludes halogenated alkanes) is 2. The van der Waals surface area contributed by atoms with E-state index in [0.29, 0.717) is 0 Å². The number of aliphatic hydroxyl groups excluding tert-OH is 2. The Kier molecular flexibility index (Phi) is 14.7. The lowest BCUT2D eigenvalue weighted by Gasteiger charge is -2.16. The van der Waals surface area contributed by atoms with Crippen LogP contribution in [-0.2, 0) is 0 Å². The maximum absolute atomic E-state index is 9.43. The van der Waals surface area contributed by atoms with E-state index in [1.807, 2.05) is 0 Å². The molecule has 6 heteroatoms. The van der Waals surface area contributed by atoms with Crippen LogP contribution in [0.5, 0.6) is 0 Å². The molecule has 2 unspecified atom stereocenters. The predicted molar refractivity (Wildman–Crippen MR) is 63.5 cm³/mol. The summed E-state index contributed by atoms with van der Waals surface area (Å²) in [6.07, 6.45) is 4.64. The molecule has 0 rings (SSSR count). The first-order chi connectivity index (χ1) is 7.45. The van der Waals surface area contributed by atoms with Crippen LogP contribution in [0, 0.1) is 0 Å². The fraction of sp³-hybridized carbons (Fsp3) is 1.00. The molecule has 16 heavy (non-hydrogen) atoms. The molecule has 0 aliphatic heterocycles. The maximum Gasteiger partial charge on any atom is 0.631 e. The lowest BCUT2D eigenvalue weighted by Crippen LogP contribution is -2.25. The topological polar surface area (TPSA) is 101 Å². The van der Waals surface area contributed by atoms with Crippen LogP contribution in [0.25, 0.3) is 0 Å². The Morgan fingerprint density at radius 3 is 1.25 bits per heavy atom. The Labute approximate surface area is 97.9 Å². The van der Waals surface area contributed by atoms with Gasteiger partial charge in [-0.3, -0.25) is 0 Å². The molecule has 0 aliphatic rings. The van der Waals surface area contributed by atoms with E-state index in [-0.39, 0.29) is 0 Å². The van der Waals surface area contributed by atoms with Gasteiger partial charge in [-0.2, -0.15) is 0 Å². The zero-order valence-corrected chi connectivity index (χ0v) is 10.2. The molecule has 0 amide bonds. The normalized spacial score (nSPS) is 13.7. The lowest BCUT2D eigenvalue weighted by atomic mass is 10.0. The highest BCUT2D eigenvalue weighted by Gasteiger charge is 2.14. The predicted octanol–water partition coefficient (Wildman–Crippen LogP) is 0.0368. The fourth-order valence-corrected chi connectivity index (χ4v) is 1.21. The summed E-state index contributed by atoms with van der Waals surface area (Å²) in [7, 11) is -2.17. The second kappa shape index (κ2) is 12.9. The summed E-state index contributed by atoms with van der Waals surface area (Å²) < 4.78 is 0. The van der Waals surface area contributed by atoms with E-state index in [4.69, 9.17) is 15.1 Å². The van der Waals surface area contributed by atoms with Gasteiger partial charge in [0.25, 0.3) is 0 Å². The minimum absolute atomic E-state index is 0.503. The zero-order chi connectivity index (χ0) is 13.0.